The quantitative estimate of drug-likeness (QED) is 0.693. The van der Waals surface area contributed by atoms with Crippen molar-refractivity contribution in [3.05, 3.63) is 63.6 Å². The molecular weight excluding hydrogens is 331 g/mol. The summed E-state index contributed by atoms with van der Waals surface area (Å²) in [6.07, 6.45) is 3.41. The van der Waals surface area contributed by atoms with E-state index in [9.17, 15) is 4.79 Å². The van der Waals surface area contributed by atoms with Gasteiger partial charge in [0.1, 0.15) is 0 Å². The van der Waals surface area contributed by atoms with E-state index in [1.165, 1.54) is 18.4 Å². The fourth-order valence-electron chi connectivity index (χ4n) is 2.18. The fourth-order valence-corrected chi connectivity index (χ4v) is 2.71. The van der Waals surface area contributed by atoms with Crippen LogP contribution >= 0.6 is 23.2 Å². The Bertz CT molecular complexity index is 636. The van der Waals surface area contributed by atoms with Gasteiger partial charge in [-0.05, 0) is 42.7 Å². The van der Waals surface area contributed by atoms with Crippen molar-refractivity contribution in [2.45, 2.75) is 32.7 Å². The lowest BCUT2D eigenvalue weighted by Gasteiger charge is -2.10. The number of benzene rings is 2. The van der Waals surface area contributed by atoms with Crippen molar-refractivity contribution in [2.24, 2.45) is 0 Å². The molecule has 5 heteroatoms. The SMILES string of the molecule is CCCCc1ccc(NC(=O)NCc2c(Cl)cccc2Cl)cc1. The Morgan fingerprint density at radius 1 is 1.04 bits per heavy atom. The molecule has 0 fully saturated rings. The molecule has 2 aromatic carbocycles. The van der Waals surface area contributed by atoms with E-state index in [0.29, 0.717) is 15.6 Å². The van der Waals surface area contributed by atoms with Crippen molar-refractivity contribution in [3.63, 3.8) is 0 Å². The Labute approximate surface area is 147 Å². The van der Waals surface area contributed by atoms with E-state index in [-0.39, 0.29) is 12.6 Å². The molecule has 0 aliphatic carbocycles. The van der Waals surface area contributed by atoms with Crippen LogP contribution in [-0.4, -0.2) is 6.03 Å². The summed E-state index contributed by atoms with van der Waals surface area (Å²) >= 11 is 12.2. The van der Waals surface area contributed by atoms with Crippen LogP contribution in [0.2, 0.25) is 10.0 Å². The number of halogens is 2. The number of aryl methyl sites for hydroxylation is 1. The van der Waals surface area contributed by atoms with Crippen molar-refractivity contribution in [2.75, 3.05) is 5.32 Å². The van der Waals surface area contributed by atoms with E-state index in [1.807, 2.05) is 24.3 Å². The van der Waals surface area contributed by atoms with Crippen LogP contribution in [0.3, 0.4) is 0 Å². The van der Waals surface area contributed by atoms with Gasteiger partial charge in [0.05, 0.1) is 0 Å². The molecule has 0 spiro atoms. The van der Waals surface area contributed by atoms with Crippen molar-refractivity contribution < 1.29 is 4.79 Å². The first-order valence-electron chi connectivity index (χ1n) is 7.67. The second-order valence-electron chi connectivity index (χ2n) is 5.31. The average molecular weight is 351 g/mol. The number of carbonyl (C=O) groups excluding carboxylic acids is 1. The number of nitrogens with one attached hydrogen (secondary N) is 2. The minimum atomic E-state index is -0.290. The van der Waals surface area contributed by atoms with E-state index in [0.717, 1.165) is 12.1 Å². The van der Waals surface area contributed by atoms with Crippen molar-refractivity contribution >= 4 is 34.9 Å². The van der Waals surface area contributed by atoms with Crippen LogP contribution in [0.15, 0.2) is 42.5 Å². The molecule has 2 N–H and O–H groups in total. The summed E-state index contributed by atoms with van der Waals surface area (Å²) in [6, 6.07) is 12.9. The normalized spacial score (nSPS) is 10.4. The van der Waals surface area contributed by atoms with Crippen LogP contribution in [0.5, 0.6) is 0 Å². The predicted octanol–water partition coefficient (Wildman–Crippen LogP) is 5.66. The lowest BCUT2D eigenvalue weighted by atomic mass is 10.1. The van der Waals surface area contributed by atoms with Crippen LogP contribution in [0.4, 0.5) is 10.5 Å². The van der Waals surface area contributed by atoms with Crippen molar-refractivity contribution in [3.8, 4) is 0 Å². The first-order valence-corrected chi connectivity index (χ1v) is 8.42. The Kier molecular flexibility index (Phi) is 6.75. The van der Waals surface area contributed by atoms with Gasteiger partial charge in [0, 0.05) is 27.8 Å². The topological polar surface area (TPSA) is 41.1 Å². The van der Waals surface area contributed by atoms with Gasteiger partial charge in [-0.15, -0.1) is 0 Å². The standard InChI is InChI=1S/C18H20Cl2N2O/c1-2-3-5-13-8-10-14(11-9-13)22-18(23)21-12-15-16(19)6-4-7-17(15)20/h4,6-11H,2-3,5,12H2,1H3,(H2,21,22,23). The maximum absolute atomic E-state index is 12.0. The molecule has 3 nitrogen and oxygen atoms in total. The largest absolute Gasteiger partial charge is 0.334 e. The highest BCUT2D eigenvalue weighted by Gasteiger charge is 2.07. The molecule has 0 aliphatic heterocycles. The third kappa shape index (κ3) is 5.45. The molecule has 0 bridgehead atoms. The summed E-state index contributed by atoms with van der Waals surface area (Å²) in [5, 5.41) is 6.64. The second-order valence-corrected chi connectivity index (χ2v) is 6.12. The molecular formula is C18H20Cl2N2O. The highest BCUT2D eigenvalue weighted by atomic mass is 35.5. The van der Waals surface area contributed by atoms with Crippen LogP contribution < -0.4 is 10.6 Å². The number of hydrogen-bond acceptors (Lipinski definition) is 1. The molecule has 0 atom stereocenters. The Morgan fingerprint density at radius 3 is 2.30 bits per heavy atom. The predicted molar refractivity (Wildman–Crippen MR) is 97.4 cm³/mol. The number of unbranched alkanes of at least 4 members (excludes halogenated alkanes) is 1. The number of carbonyl (C=O) groups is 1. The molecule has 2 rings (SSSR count). The molecule has 0 saturated carbocycles. The minimum Gasteiger partial charge on any atom is -0.334 e. The van der Waals surface area contributed by atoms with Gasteiger partial charge in [0.15, 0.2) is 0 Å². The Hall–Kier alpha value is -1.71. The molecule has 0 aliphatic rings. The summed E-state index contributed by atoms with van der Waals surface area (Å²) in [6.45, 7) is 2.45. The number of anilines is 1. The fraction of sp³-hybridized carbons (Fsp3) is 0.278. The zero-order chi connectivity index (χ0) is 16.7. The first kappa shape index (κ1) is 17.6. The van der Waals surface area contributed by atoms with Crippen LogP contribution in [0.25, 0.3) is 0 Å². The molecule has 0 radical (unpaired) electrons. The van der Waals surface area contributed by atoms with Gasteiger partial charge in [-0.2, -0.15) is 0 Å². The van der Waals surface area contributed by atoms with Gasteiger partial charge in [-0.3, -0.25) is 0 Å². The smallest absolute Gasteiger partial charge is 0.319 e. The average Bonchev–Trinajstić information content (AvgIpc) is 2.54. The minimum absolute atomic E-state index is 0.277. The summed E-state index contributed by atoms with van der Waals surface area (Å²) in [5.74, 6) is 0. The van der Waals surface area contributed by atoms with Crippen molar-refractivity contribution in [1.82, 2.24) is 5.32 Å². The maximum atomic E-state index is 12.0. The molecule has 122 valence electrons. The van der Waals surface area contributed by atoms with Crippen LogP contribution in [0.1, 0.15) is 30.9 Å². The second kappa shape index (κ2) is 8.80. The number of urea groups is 1. The van der Waals surface area contributed by atoms with E-state index in [1.54, 1.807) is 18.2 Å². The van der Waals surface area contributed by atoms with Gasteiger partial charge in [0.2, 0.25) is 0 Å². The molecule has 0 saturated heterocycles. The molecule has 0 aromatic heterocycles. The number of rotatable bonds is 6. The van der Waals surface area contributed by atoms with Crippen LogP contribution in [0, 0.1) is 0 Å². The van der Waals surface area contributed by atoms with Gasteiger partial charge in [-0.25, -0.2) is 4.79 Å². The summed E-state index contributed by atoms with van der Waals surface area (Å²) in [7, 11) is 0. The Morgan fingerprint density at radius 2 is 1.70 bits per heavy atom. The molecule has 0 heterocycles. The first-order chi connectivity index (χ1) is 11.1. The molecule has 2 amide bonds. The molecule has 23 heavy (non-hydrogen) atoms. The van der Waals surface area contributed by atoms with E-state index in [2.05, 4.69) is 17.6 Å². The highest BCUT2D eigenvalue weighted by Crippen LogP contribution is 2.23. The molecule has 0 unspecified atom stereocenters. The zero-order valence-electron chi connectivity index (χ0n) is 13.0. The summed E-state index contributed by atoms with van der Waals surface area (Å²) in [4.78, 5) is 12.0. The lowest BCUT2D eigenvalue weighted by molar-refractivity contribution is 0.252. The van der Waals surface area contributed by atoms with Crippen molar-refractivity contribution in [1.29, 1.82) is 0 Å². The maximum Gasteiger partial charge on any atom is 0.319 e. The number of hydrogen-bond donors (Lipinski definition) is 2. The van der Waals surface area contributed by atoms with Gasteiger partial charge in [-0.1, -0.05) is 54.7 Å². The van der Waals surface area contributed by atoms with Crippen LogP contribution in [-0.2, 0) is 13.0 Å². The summed E-state index contributed by atoms with van der Waals surface area (Å²) < 4.78 is 0. The van der Waals surface area contributed by atoms with Gasteiger partial charge in [0.25, 0.3) is 0 Å². The highest BCUT2D eigenvalue weighted by molar-refractivity contribution is 6.36. The zero-order valence-corrected chi connectivity index (χ0v) is 14.5. The van der Waals surface area contributed by atoms with E-state index < -0.39 is 0 Å². The monoisotopic (exact) mass is 350 g/mol. The third-order valence-corrected chi connectivity index (χ3v) is 4.23. The molecule has 2 aromatic rings. The lowest BCUT2D eigenvalue weighted by Crippen LogP contribution is -2.28. The van der Waals surface area contributed by atoms with Gasteiger partial charge >= 0.3 is 6.03 Å². The Balaban J connectivity index is 1.87. The van der Waals surface area contributed by atoms with E-state index in [4.69, 9.17) is 23.2 Å². The summed E-state index contributed by atoms with van der Waals surface area (Å²) in [5.41, 5.74) is 2.74. The van der Waals surface area contributed by atoms with Gasteiger partial charge < -0.3 is 10.6 Å². The number of amides is 2. The third-order valence-electron chi connectivity index (χ3n) is 3.52. The van der Waals surface area contributed by atoms with E-state index >= 15 is 0 Å².